The van der Waals surface area contributed by atoms with Crippen molar-refractivity contribution in [2.45, 2.75) is 18.0 Å². The SMILES string of the molecule is Cc1ccc(S(=O)(=O)CCOC(=O)c2ccc(C(C=C(N)C(F)(F)F)=Nc3ccccc3Cl)cc2)cc1. The van der Waals surface area contributed by atoms with Crippen molar-refractivity contribution >= 4 is 38.8 Å². The highest BCUT2D eigenvalue weighted by Gasteiger charge is 2.31. The van der Waals surface area contributed by atoms with E-state index in [1.54, 1.807) is 24.3 Å². The lowest BCUT2D eigenvalue weighted by molar-refractivity contribution is -0.0925. The Morgan fingerprint density at radius 2 is 1.59 bits per heavy atom. The monoisotopic (exact) mass is 550 g/mol. The summed E-state index contributed by atoms with van der Waals surface area (Å²) in [5.41, 5.74) is 5.13. The number of alkyl halides is 3. The molecule has 0 amide bonds. The van der Waals surface area contributed by atoms with Gasteiger partial charge in [0, 0.05) is 5.56 Å². The molecule has 0 aliphatic heterocycles. The standard InChI is InChI=1S/C26H22ClF3N2O4S/c1-17-6-12-20(13-7-17)37(34,35)15-14-36-25(33)19-10-8-18(9-11-19)23(16-24(31)26(28,29)30)32-22-5-3-2-4-21(22)27/h2-13,16H,14-15,31H2,1H3. The summed E-state index contributed by atoms with van der Waals surface area (Å²) in [6.45, 7) is 1.46. The van der Waals surface area contributed by atoms with E-state index < -0.39 is 33.4 Å². The van der Waals surface area contributed by atoms with Gasteiger partial charge in [-0.3, -0.25) is 0 Å². The number of rotatable bonds is 8. The Morgan fingerprint density at radius 1 is 1.00 bits per heavy atom. The summed E-state index contributed by atoms with van der Waals surface area (Å²) < 4.78 is 69.1. The Labute approximate surface area is 217 Å². The number of nitrogens with zero attached hydrogens (tertiary/aromatic N) is 1. The lowest BCUT2D eigenvalue weighted by Crippen LogP contribution is -2.21. The van der Waals surface area contributed by atoms with Gasteiger partial charge in [-0.1, -0.05) is 53.6 Å². The summed E-state index contributed by atoms with van der Waals surface area (Å²) in [7, 11) is -3.64. The number of hydrogen-bond donors (Lipinski definition) is 1. The van der Waals surface area contributed by atoms with Crippen LogP contribution >= 0.6 is 11.6 Å². The molecular formula is C26H22ClF3N2O4S. The molecule has 0 saturated carbocycles. The molecule has 0 aliphatic carbocycles. The number of nitrogens with two attached hydrogens (primary N) is 1. The second-order valence-electron chi connectivity index (χ2n) is 7.89. The summed E-state index contributed by atoms with van der Waals surface area (Å²) in [5, 5.41) is 0.222. The molecule has 0 heterocycles. The third-order valence-electron chi connectivity index (χ3n) is 5.09. The summed E-state index contributed by atoms with van der Waals surface area (Å²) >= 11 is 6.09. The summed E-state index contributed by atoms with van der Waals surface area (Å²) in [4.78, 5) is 16.7. The highest BCUT2D eigenvalue weighted by molar-refractivity contribution is 7.91. The number of esters is 1. The lowest BCUT2D eigenvalue weighted by atomic mass is 10.1. The van der Waals surface area contributed by atoms with Crippen molar-refractivity contribution in [1.29, 1.82) is 0 Å². The number of sulfone groups is 1. The van der Waals surface area contributed by atoms with Gasteiger partial charge in [0.1, 0.15) is 12.3 Å². The van der Waals surface area contributed by atoms with E-state index in [1.165, 1.54) is 48.5 Å². The van der Waals surface area contributed by atoms with E-state index in [-0.39, 0.29) is 39.1 Å². The number of hydrogen-bond acceptors (Lipinski definition) is 6. The largest absolute Gasteiger partial charge is 0.461 e. The number of para-hydroxylation sites is 1. The highest BCUT2D eigenvalue weighted by Crippen LogP contribution is 2.27. The predicted octanol–water partition coefficient (Wildman–Crippen LogP) is 5.80. The molecule has 0 unspecified atom stereocenters. The minimum atomic E-state index is -4.77. The fraction of sp³-hybridized carbons (Fsp3) is 0.154. The number of benzene rings is 3. The van der Waals surface area contributed by atoms with E-state index in [2.05, 4.69) is 4.99 Å². The van der Waals surface area contributed by atoms with Crippen molar-refractivity contribution in [2.24, 2.45) is 10.7 Å². The molecule has 37 heavy (non-hydrogen) atoms. The molecule has 0 bridgehead atoms. The first-order chi connectivity index (χ1) is 17.4. The van der Waals surface area contributed by atoms with Gasteiger partial charge in [0.15, 0.2) is 9.84 Å². The molecule has 0 saturated heterocycles. The first-order valence-corrected chi connectivity index (χ1v) is 12.8. The van der Waals surface area contributed by atoms with Crippen LogP contribution in [-0.4, -0.2) is 38.6 Å². The normalized spacial score (nSPS) is 12.9. The minimum Gasteiger partial charge on any atom is -0.461 e. The number of aryl methyl sites for hydroxylation is 1. The van der Waals surface area contributed by atoms with Crippen LogP contribution in [0.2, 0.25) is 5.02 Å². The molecule has 6 nitrogen and oxygen atoms in total. The first kappa shape index (κ1) is 27.9. The number of allylic oxidation sites excluding steroid dienone is 2. The number of carbonyl (C=O) groups is 1. The Balaban J connectivity index is 1.77. The van der Waals surface area contributed by atoms with E-state index in [0.717, 1.165) is 5.56 Å². The number of halogens is 4. The molecule has 3 aromatic rings. The van der Waals surface area contributed by atoms with E-state index in [9.17, 15) is 26.4 Å². The Bertz CT molecular complexity index is 1430. The molecule has 11 heteroatoms. The maximum atomic E-state index is 13.1. The van der Waals surface area contributed by atoms with Crippen LogP contribution in [-0.2, 0) is 14.6 Å². The van der Waals surface area contributed by atoms with Crippen LogP contribution in [0.3, 0.4) is 0 Å². The third-order valence-corrected chi connectivity index (χ3v) is 7.11. The average Bonchev–Trinajstić information content (AvgIpc) is 2.84. The van der Waals surface area contributed by atoms with Crippen LogP contribution in [0, 0.1) is 6.92 Å². The van der Waals surface area contributed by atoms with Crippen LogP contribution in [0.15, 0.2) is 94.5 Å². The second-order valence-corrected chi connectivity index (χ2v) is 10.4. The smallest absolute Gasteiger partial charge is 0.430 e. The van der Waals surface area contributed by atoms with Crippen molar-refractivity contribution in [1.82, 2.24) is 0 Å². The van der Waals surface area contributed by atoms with Crippen molar-refractivity contribution in [3.05, 3.63) is 106 Å². The summed E-state index contributed by atoms with van der Waals surface area (Å²) in [6.07, 6.45) is -4.10. The van der Waals surface area contributed by atoms with Gasteiger partial charge in [-0.05, 0) is 49.4 Å². The molecule has 3 rings (SSSR count). The van der Waals surface area contributed by atoms with Crippen LogP contribution in [0.1, 0.15) is 21.5 Å². The van der Waals surface area contributed by atoms with Gasteiger partial charge < -0.3 is 10.5 Å². The lowest BCUT2D eigenvalue weighted by Gasteiger charge is -2.10. The van der Waals surface area contributed by atoms with Crippen LogP contribution in [0.25, 0.3) is 0 Å². The first-order valence-electron chi connectivity index (χ1n) is 10.8. The van der Waals surface area contributed by atoms with E-state index in [0.29, 0.717) is 6.08 Å². The van der Waals surface area contributed by atoms with Crippen molar-refractivity contribution in [3.63, 3.8) is 0 Å². The number of ether oxygens (including phenoxy) is 1. The minimum absolute atomic E-state index is 0.0707. The summed E-state index contributed by atoms with van der Waals surface area (Å²) in [5.74, 6) is -1.20. The van der Waals surface area contributed by atoms with Gasteiger partial charge >= 0.3 is 12.1 Å². The van der Waals surface area contributed by atoms with Gasteiger partial charge in [0.2, 0.25) is 0 Å². The Morgan fingerprint density at radius 3 is 2.19 bits per heavy atom. The van der Waals surface area contributed by atoms with Crippen LogP contribution in [0.5, 0.6) is 0 Å². The topological polar surface area (TPSA) is 98.8 Å². The zero-order valence-corrected chi connectivity index (χ0v) is 21.1. The Hall–Kier alpha value is -3.63. The van der Waals surface area contributed by atoms with Crippen molar-refractivity contribution in [2.75, 3.05) is 12.4 Å². The molecule has 0 fully saturated rings. The Kier molecular flexibility index (Phi) is 8.77. The van der Waals surface area contributed by atoms with Crippen molar-refractivity contribution < 1.29 is 31.1 Å². The van der Waals surface area contributed by atoms with Gasteiger partial charge in [-0.25, -0.2) is 18.2 Å². The molecule has 2 N–H and O–H groups in total. The van der Waals surface area contributed by atoms with Crippen molar-refractivity contribution in [3.8, 4) is 0 Å². The molecule has 0 radical (unpaired) electrons. The quantitative estimate of drug-likeness (QED) is 0.282. The molecule has 0 atom stereocenters. The molecule has 3 aromatic carbocycles. The predicted molar refractivity (Wildman–Crippen MR) is 136 cm³/mol. The third kappa shape index (κ3) is 7.68. The fourth-order valence-electron chi connectivity index (χ4n) is 3.05. The maximum absolute atomic E-state index is 13.1. The molecule has 0 aromatic heterocycles. The van der Waals surface area contributed by atoms with E-state index >= 15 is 0 Å². The highest BCUT2D eigenvalue weighted by atomic mass is 35.5. The molecule has 0 spiro atoms. The fourth-order valence-corrected chi connectivity index (χ4v) is 4.32. The zero-order valence-electron chi connectivity index (χ0n) is 19.5. The number of aliphatic imine (C=N–C) groups is 1. The molecular weight excluding hydrogens is 529 g/mol. The molecule has 0 aliphatic rings. The van der Waals surface area contributed by atoms with Crippen LogP contribution < -0.4 is 5.73 Å². The van der Waals surface area contributed by atoms with E-state index in [4.69, 9.17) is 22.1 Å². The molecule has 194 valence electrons. The average molecular weight is 551 g/mol. The van der Waals surface area contributed by atoms with E-state index in [1.807, 2.05) is 6.92 Å². The zero-order chi connectivity index (χ0) is 27.2. The maximum Gasteiger partial charge on any atom is 0.430 e. The second kappa shape index (κ2) is 11.6. The number of carbonyl (C=O) groups excluding carboxylic acids is 1. The van der Waals surface area contributed by atoms with Gasteiger partial charge in [0.25, 0.3) is 0 Å². The summed E-state index contributed by atoms with van der Waals surface area (Å²) in [6, 6.07) is 18.0. The van der Waals surface area contributed by atoms with Gasteiger partial charge in [0.05, 0.1) is 32.6 Å². The van der Waals surface area contributed by atoms with Crippen LogP contribution in [0.4, 0.5) is 18.9 Å². The van der Waals surface area contributed by atoms with Gasteiger partial charge in [-0.15, -0.1) is 0 Å². The van der Waals surface area contributed by atoms with Gasteiger partial charge in [-0.2, -0.15) is 13.2 Å².